The molecule has 0 fully saturated rings. The van der Waals surface area contributed by atoms with Gasteiger partial charge in [0, 0.05) is 4.47 Å². The number of thiazole rings is 1. The molecule has 5 rings (SSSR count). The van der Waals surface area contributed by atoms with Crippen molar-refractivity contribution < 1.29 is 19.0 Å². The Morgan fingerprint density at radius 3 is 2.51 bits per heavy atom. The minimum absolute atomic E-state index is 0.205. The number of carbonyl (C=O) groups is 1. The Morgan fingerprint density at radius 2 is 1.84 bits per heavy atom. The molecule has 0 radical (unpaired) electrons. The molecule has 12 heteroatoms. The van der Waals surface area contributed by atoms with Gasteiger partial charge in [0.05, 0.1) is 50.1 Å². The highest BCUT2D eigenvalue weighted by Crippen LogP contribution is 2.38. The van der Waals surface area contributed by atoms with Crippen molar-refractivity contribution in [3.8, 4) is 11.5 Å². The van der Waals surface area contributed by atoms with Gasteiger partial charge < -0.3 is 14.2 Å². The second-order valence-electron chi connectivity index (χ2n) is 9.43. The number of carbonyl (C=O) groups excluding carboxylic acids is 1. The predicted octanol–water partition coefficient (Wildman–Crippen LogP) is 7.22. The minimum atomic E-state index is -0.691. The maximum absolute atomic E-state index is 13.9. The Kier molecular flexibility index (Phi) is 9.83. The van der Waals surface area contributed by atoms with Crippen LogP contribution in [0, 0.1) is 0 Å². The van der Waals surface area contributed by atoms with Crippen LogP contribution >= 0.6 is 66.4 Å². The summed E-state index contributed by atoms with van der Waals surface area (Å²) < 4.78 is 20.6. The lowest BCUT2D eigenvalue weighted by molar-refractivity contribution is -0.139. The van der Waals surface area contributed by atoms with Gasteiger partial charge in [0.1, 0.15) is 6.61 Å². The molecule has 222 valence electrons. The number of esters is 1. The molecule has 7 nitrogen and oxygen atoms in total. The van der Waals surface area contributed by atoms with Gasteiger partial charge in [0.15, 0.2) is 16.3 Å². The number of halogens is 4. The molecule has 43 heavy (non-hydrogen) atoms. The predicted molar refractivity (Wildman–Crippen MR) is 176 cm³/mol. The quantitative estimate of drug-likeness (QED) is 0.177. The molecule has 0 saturated carbocycles. The third-order valence-corrected chi connectivity index (χ3v) is 9.46. The van der Waals surface area contributed by atoms with Crippen LogP contribution in [0.25, 0.3) is 6.08 Å². The van der Waals surface area contributed by atoms with E-state index < -0.39 is 12.0 Å². The molecule has 1 atom stereocenters. The van der Waals surface area contributed by atoms with Gasteiger partial charge in [-0.15, -0.1) is 0 Å². The van der Waals surface area contributed by atoms with Gasteiger partial charge in [0.25, 0.3) is 5.56 Å². The van der Waals surface area contributed by atoms with Gasteiger partial charge in [-0.2, -0.15) is 0 Å². The van der Waals surface area contributed by atoms with Gasteiger partial charge in [-0.3, -0.25) is 9.36 Å². The number of rotatable bonds is 8. The highest BCUT2D eigenvalue weighted by Gasteiger charge is 2.33. The molecule has 0 spiro atoms. The highest BCUT2D eigenvalue weighted by molar-refractivity contribution is 9.10. The lowest BCUT2D eigenvalue weighted by Crippen LogP contribution is -2.39. The lowest BCUT2D eigenvalue weighted by atomic mass is 9.96. The van der Waals surface area contributed by atoms with E-state index in [1.54, 1.807) is 49.8 Å². The Morgan fingerprint density at radius 1 is 1.09 bits per heavy atom. The largest absolute Gasteiger partial charge is 0.493 e. The van der Waals surface area contributed by atoms with Crippen LogP contribution in [0.1, 0.15) is 36.6 Å². The van der Waals surface area contributed by atoms with E-state index in [1.165, 1.54) is 11.3 Å². The summed E-state index contributed by atoms with van der Waals surface area (Å²) in [5.41, 5.74) is 2.87. The van der Waals surface area contributed by atoms with E-state index in [4.69, 9.17) is 37.4 Å². The number of nitrogens with zero attached hydrogens (tertiary/aromatic N) is 2. The molecule has 1 aromatic heterocycles. The fourth-order valence-corrected chi connectivity index (χ4v) is 6.86. The summed E-state index contributed by atoms with van der Waals surface area (Å²) in [6, 6.07) is 15.7. The summed E-state index contributed by atoms with van der Waals surface area (Å²) in [6.07, 6.45) is 1.77. The molecule has 1 aliphatic heterocycles. The highest BCUT2D eigenvalue weighted by atomic mass is 79.9. The van der Waals surface area contributed by atoms with Crippen molar-refractivity contribution in [2.45, 2.75) is 26.5 Å². The summed E-state index contributed by atoms with van der Waals surface area (Å²) in [5.74, 6) is 0.467. The van der Waals surface area contributed by atoms with Crippen molar-refractivity contribution in [3.63, 3.8) is 0 Å². The van der Waals surface area contributed by atoms with Crippen molar-refractivity contribution in [3.05, 3.63) is 121 Å². The van der Waals surface area contributed by atoms with Crippen LogP contribution in [-0.4, -0.2) is 24.3 Å². The molecule has 0 bridgehead atoms. The van der Waals surface area contributed by atoms with Gasteiger partial charge in [-0.25, -0.2) is 9.79 Å². The second-order valence-corrected chi connectivity index (χ2v) is 13.0. The molecule has 4 aromatic rings. The number of aromatic nitrogens is 1. The molecule has 0 saturated heterocycles. The Bertz CT molecular complexity index is 1940. The van der Waals surface area contributed by atoms with Crippen molar-refractivity contribution in [2.24, 2.45) is 4.99 Å². The number of hydrogen-bond donors (Lipinski definition) is 0. The van der Waals surface area contributed by atoms with Crippen LogP contribution in [0.15, 0.2) is 84.6 Å². The van der Waals surface area contributed by atoms with Crippen LogP contribution in [0.4, 0.5) is 0 Å². The number of methoxy groups -OCH3 is 1. The molecular formula is C31H24Br2Cl2N2O5S. The number of ether oxygens (including phenoxy) is 3. The summed E-state index contributed by atoms with van der Waals surface area (Å²) in [4.78, 5) is 32.1. The first-order valence-electron chi connectivity index (χ1n) is 13.0. The maximum atomic E-state index is 13.9. The summed E-state index contributed by atoms with van der Waals surface area (Å²) in [5, 5.41) is 0.909. The van der Waals surface area contributed by atoms with Crippen molar-refractivity contribution >= 4 is 78.4 Å². The molecular weight excluding hydrogens is 743 g/mol. The van der Waals surface area contributed by atoms with Crippen LogP contribution in [0.5, 0.6) is 11.5 Å². The Labute approximate surface area is 278 Å². The molecule has 0 N–H and O–H groups in total. The number of hydrogen-bond acceptors (Lipinski definition) is 7. The van der Waals surface area contributed by atoms with E-state index in [0.717, 1.165) is 15.6 Å². The monoisotopic (exact) mass is 764 g/mol. The smallest absolute Gasteiger partial charge is 0.338 e. The van der Waals surface area contributed by atoms with E-state index in [9.17, 15) is 9.59 Å². The third kappa shape index (κ3) is 6.63. The summed E-state index contributed by atoms with van der Waals surface area (Å²) >= 11 is 20.5. The molecule has 3 aromatic carbocycles. The normalized spacial score (nSPS) is 14.8. The summed E-state index contributed by atoms with van der Waals surface area (Å²) in [7, 11) is 1.54. The van der Waals surface area contributed by atoms with Crippen LogP contribution in [0.2, 0.25) is 10.0 Å². The van der Waals surface area contributed by atoms with Crippen molar-refractivity contribution in [1.82, 2.24) is 4.57 Å². The molecule has 0 amide bonds. The van der Waals surface area contributed by atoms with E-state index >= 15 is 0 Å². The Balaban J connectivity index is 1.56. The molecule has 2 heterocycles. The van der Waals surface area contributed by atoms with Gasteiger partial charge in [-0.1, -0.05) is 68.7 Å². The van der Waals surface area contributed by atoms with Crippen LogP contribution in [0.3, 0.4) is 0 Å². The van der Waals surface area contributed by atoms with E-state index in [-0.39, 0.29) is 18.8 Å². The minimum Gasteiger partial charge on any atom is -0.493 e. The fourth-order valence-electron chi connectivity index (χ4n) is 4.65. The third-order valence-electron chi connectivity index (χ3n) is 6.62. The first-order chi connectivity index (χ1) is 20.6. The maximum Gasteiger partial charge on any atom is 0.338 e. The van der Waals surface area contributed by atoms with Crippen molar-refractivity contribution in [2.75, 3.05) is 13.7 Å². The van der Waals surface area contributed by atoms with Gasteiger partial charge >= 0.3 is 5.97 Å². The topological polar surface area (TPSA) is 79.1 Å². The zero-order valence-electron chi connectivity index (χ0n) is 23.1. The Hall–Kier alpha value is -2.89. The average molecular weight is 767 g/mol. The zero-order chi connectivity index (χ0) is 30.8. The number of fused-ring (bicyclic) bond motifs is 1. The fraction of sp³-hybridized carbons (Fsp3) is 0.194. The zero-order valence-corrected chi connectivity index (χ0v) is 28.6. The molecule has 0 aliphatic carbocycles. The first kappa shape index (κ1) is 31.5. The van der Waals surface area contributed by atoms with E-state index in [2.05, 4.69) is 36.9 Å². The van der Waals surface area contributed by atoms with E-state index in [1.807, 2.05) is 36.4 Å². The first-order valence-corrected chi connectivity index (χ1v) is 16.2. The lowest BCUT2D eigenvalue weighted by Gasteiger charge is -2.24. The van der Waals surface area contributed by atoms with Crippen LogP contribution < -0.4 is 24.4 Å². The standard InChI is InChI=1S/C31H24Br2Cl2N2O5S/c1-4-41-30(39)26-16(2)36-31-37(27(26)19-6-8-20(32)9-7-19)29(38)25(43-31)14-18-11-21(33)28(24(13-18)40-3)42-15-17-5-10-22(34)23(35)12-17/h5-14,27H,4,15H2,1-3H3/b25-14-/t27-/m1/s1. The molecule has 0 unspecified atom stereocenters. The van der Waals surface area contributed by atoms with E-state index in [0.29, 0.717) is 52.2 Å². The number of allylic oxidation sites excluding steroid dienone is 1. The van der Waals surface area contributed by atoms with Crippen molar-refractivity contribution in [1.29, 1.82) is 0 Å². The van der Waals surface area contributed by atoms with Crippen LogP contribution in [-0.2, 0) is 16.1 Å². The van der Waals surface area contributed by atoms with Gasteiger partial charge in [-0.05, 0) is 88.9 Å². The second kappa shape index (κ2) is 13.4. The van der Waals surface area contributed by atoms with Gasteiger partial charge in [0.2, 0.25) is 0 Å². The average Bonchev–Trinajstić information content (AvgIpc) is 3.27. The summed E-state index contributed by atoms with van der Waals surface area (Å²) in [6.45, 7) is 3.94. The number of benzene rings is 3. The SMILES string of the molecule is CCOC(=O)C1=C(C)N=c2s/c(=C\c3cc(Br)c(OCc4ccc(Cl)c(Cl)c4)c(OC)c3)c(=O)n2[C@@H]1c1ccc(Br)cc1. The molecule has 1 aliphatic rings.